The highest BCUT2D eigenvalue weighted by molar-refractivity contribution is 6.30. The Morgan fingerprint density at radius 1 is 0.598 bits per heavy atom. The van der Waals surface area contributed by atoms with E-state index in [1.807, 2.05) is 0 Å². The normalized spacial score (nSPS) is 23.4. The summed E-state index contributed by atoms with van der Waals surface area (Å²) in [6, 6.07) is 7.35. The van der Waals surface area contributed by atoms with Crippen LogP contribution in [0.2, 0.25) is 5.02 Å². The summed E-state index contributed by atoms with van der Waals surface area (Å²) in [4.78, 5) is 185. The summed E-state index contributed by atoms with van der Waals surface area (Å²) in [6.45, 7) is 8.93. The van der Waals surface area contributed by atoms with Crippen LogP contribution in [0.25, 0.3) is 0 Å². The van der Waals surface area contributed by atoms with Crippen molar-refractivity contribution in [1.29, 1.82) is 0 Å². The van der Waals surface area contributed by atoms with Gasteiger partial charge < -0.3 is 70.3 Å². The van der Waals surface area contributed by atoms with Crippen LogP contribution in [0.4, 0.5) is 13.2 Å². The van der Waals surface area contributed by atoms with Gasteiger partial charge in [0, 0.05) is 80.3 Å². The molecule has 0 unspecified atom stereocenters. The van der Waals surface area contributed by atoms with Crippen molar-refractivity contribution in [2.45, 2.75) is 166 Å². The number of aliphatic hydroxyl groups is 1. The molecule has 0 spiro atoms. The van der Waals surface area contributed by atoms with Crippen LogP contribution >= 0.6 is 11.6 Å². The van der Waals surface area contributed by atoms with Crippen LogP contribution in [0.3, 0.4) is 0 Å². The fourth-order valence-electron chi connectivity index (χ4n) is 11.7. The first kappa shape index (κ1) is 84.0. The largest absolute Gasteiger partial charge is 0.416 e. The summed E-state index contributed by atoms with van der Waals surface area (Å²) in [6.07, 6.45) is -4.50. The molecule has 5 N–H and O–H groups in total. The highest BCUT2D eigenvalue weighted by Gasteiger charge is 2.42. The number of carbonyl (C=O) groups excluding carboxylic acids is 12. The van der Waals surface area contributed by atoms with E-state index in [2.05, 4.69) is 21.3 Å². The lowest BCUT2D eigenvalue weighted by Gasteiger charge is -2.37. The summed E-state index contributed by atoms with van der Waals surface area (Å²) < 4.78 is 47.1. The number of nitrogens with one attached hydrogen (secondary N) is 4. The highest BCUT2D eigenvalue weighted by Crippen LogP contribution is 2.30. The fraction of sp³-hybridized carbons (Fsp3) is 0.583. The molecule has 2 saturated heterocycles. The van der Waals surface area contributed by atoms with Crippen LogP contribution in [0.1, 0.15) is 109 Å². The van der Waals surface area contributed by atoms with Gasteiger partial charge in [0.1, 0.15) is 48.3 Å². The molecule has 102 heavy (non-hydrogen) atoms. The zero-order chi connectivity index (χ0) is 76.2. The minimum Gasteiger partial charge on any atom is -0.388 e. The average Bonchev–Trinajstić information content (AvgIpc) is 0.987. The maximum atomic E-state index is 15.5. The SMILES string of the molecule is CC[C@H](C)[C@@H]1NC(=O)[C@H](C)N(C)C(=O)C[C@@H](C(=O)N2CCCC2)NC(=O)[C@H](CC(C)C)N(C)C(=O)[C@H](Cc2ccccc2)N(C)C(=O)[C@H](COCC(C)(C)O)NC(=O)[C@H](CCc2ccc(C(F)(F)F)cc2)NC(=O)CN(C)C(=O)[C@H](Cc2ccc(Cl)cc2)N(C)C(=O)CN(C)C(=O)CN(C)C1=O. The third-order valence-electron chi connectivity index (χ3n) is 18.5. The molecule has 0 aliphatic carbocycles. The van der Waals surface area contributed by atoms with E-state index < -0.39 is 182 Å². The van der Waals surface area contributed by atoms with Crippen molar-refractivity contribution in [2.24, 2.45) is 11.8 Å². The molecule has 2 aliphatic heterocycles. The number of amides is 12. The van der Waals surface area contributed by atoms with E-state index >= 15 is 19.2 Å². The van der Waals surface area contributed by atoms with Gasteiger partial charge in [-0.25, -0.2) is 0 Å². The molecule has 3 aromatic carbocycles. The first-order valence-electron chi connectivity index (χ1n) is 34.3. The lowest BCUT2D eigenvalue weighted by molar-refractivity contribution is -0.151. The summed E-state index contributed by atoms with van der Waals surface area (Å²) in [5.74, 6) is -10.5. The van der Waals surface area contributed by atoms with Gasteiger partial charge in [-0.3, -0.25) is 57.5 Å². The summed E-state index contributed by atoms with van der Waals surface area (Å²) >= 11 is 6.22. The molecule has 26 nitrogen and oxygen atoms in total. The molecule has 2 fully saturated rings. The van der Waals surface area contributed by atoms with Crippen molar-refractivity contribution in [3.05, 3.63) is 106 Å². The number of likely N-dealkylation sites (N-methyl/N-ethyl adjacent to an activating group) is 7. The van der Waals surface area contributed by atoms with Gasteiger partial charge in [-0.1, -0.05) is 100 Å². The van der Waals surface area contributed by atoms with Crippen molar-refractivity contribution in [3.63, 3.8) is 0 Å². The van der Waals surface area contributed by atoms with Crippen LogP contribution < -0.4 is 21.3 Å². The Morgan fingerprint density at radius 3 is 1.72 bits per heavy atom. The summed E-state index contributed by atoms with van der Waals surface area (Å²) in [5.41, 5.74) is -1.06. The van der Waals surface area contributed by atoms with E-state index in [0.29, 0.717) is 54.1 Å². The quantitative estimate of drug-likeness (QED) is 0.138. The molecule has 562 valence electrons. The van der Waals surface area contributed by atoms with Crippen LogP contribution in [0.5, 0.6) is 0 Å². The van der Waals surface area contributed by atoms with Crippen molar-refractivity contribution in [1.82, 2.24) is 60.5 Å². The van der Waals surface area contributed by atoms with Gasteiger partial charge in [-0.2, -0.15) is 13.2 Å². The lowest BCUT2D eigenvalue weighted by atomic mass is 9.97. The minimum atomic E-state index is -4.68. The minimum absolute atomic E-state index is 0.0106. The van der Waals surface area contributed by atoms with Gasteiger partial charge in [0.2, 0.25) is 70.9 Å². The van der Waals surface area contributed by atoms with E-state index in [1.54, 1.807) is 82.3 Å². The Kier molecular flexibility index (Phi) is 31.3. The zero-order valence-corrected chi connectivity index (χ0v) is 61.7. The molecular formula is C72H102ClF3N12O14. The Morgan fingerprint density at radius 2 is 1.15 bits per heavy atom. The molecule has 0 aromatic heterocycles. The van der Waals surface area contributed by atoms with Gasteiger partial charge >= 0.3 is 6.18 Å². The maximum Gasteiger partial charge on any atom is 0.416 e. The number of hydrogen-bond acceptors (Lipinski definition) is 14. The number of hydrogen-bond donors (Lipinski definition) is 5. The maximum absolute atomic E-state index is 15.5. The van der Waals surface area contributed by atoms with Crippen molar-refractivity contribution in [2.75, 3.05) is 95.3 Å². The van der Waals surface area contributed by atoms with E-state index in [0.717, 1.165) is 46.4 Å². The van der Waals surface area contributed by atoms with Gasteiger partial charge in [-0.05, 0) is 106 Å². The number of rotatable bonds is 16. The third kappa shape index (κ3) is 24.5. The number of likely N-dealkylation sites (tertiary alicyclic amines) is 1. The topological polar surface area (TPSA) is 308 Å². The predicted molar refractivity (Wildman–Crippen MR) is 374 cm³/mol. The molecular weight excluding hydrogens is 1350 g/mol. The molecule has 9 atom stereocenters. The predicted octanol–water partition coefficient (Wildman–Crippen LogP) is 3.32. The molecule has 2 aliphatic rings. The molecule has 30 heteroatoms. The second-order valence-electron chi connectivity index (χ2n) is 27.8. The van der Waals surface area contributed by atoms with Gasteiger partial charge in [0.15, 0.2) is 0 Å². The fourth-order valence-corrected chi connectivity index (χ4v) is 11.9. The number of alkyl halides is 3. The number of ether oxygens (including phenoxy) is 1. The first-order valence-corrected chi connectivity index (χ1v) is 34.6. The second-order valence-corrected chi connectivity index (χ2v) is 28.3. The number of carbonyl (C=O) groups is 12. The second kappa shape index (κ2) is 38.0. The highest BCUT2D eigenvalue weighted by atomic mass is 35.5. The molecule has 0 saturated carbocycles. The Hall–Kier alpha value is -8.70. The van der Waals surface area contributed by atoms with Gasteiger partial charge in [0.25, 0.3) is 0 Å². The molecule has 2 heterocycles. The van der Waals surface area contributed by atoms with E-state index in [1.165, 1.54) is 87.1 Å². The lowest BCUT2D eigenvalue weighted by Crippen LogP contribution is -2.61. The number of nitrogens with zero attached hydrogens (tertiary/aromatic N) is 8. The smallest absolute Gasteiger partial charge is 0.388 e. The molecule has 12 amide bonds. The Balaban J connectivity index is 1.66. The Labute approximate surface area is 600 Å². The average molecular weight is 1450 g/mol. The Bertz CT molecular complexity index is 3410. The van der Waals surface area contributed by atoms with Gasteiger partial charge in [-0.15, -0.1) is 0 Å². The van der Waals surface area contributed by atoms with Crippen LogP contribution in [-0.2, 0) is 87.7 Å². The number of aryl methyl sites for hydroxylation is 1. The van der Waals surface area contributed by atoms with Crippen LogP contribution in [-0.4, -0.2) is 264 Å². The summed E-state index contributed by atoms with van der Waals surface area (Å²) in [7, 11) is 9.18. The van der Waals surface area contributed by atoms with Crippen molar-refractivity contribution < 1.29 is 80.5 Å². The number of benzene rings is 3. The standard InChI is InChI=1S/C72H102ClF3N12O14/c1-15-45(4)62-70(100)83(10)40-60(91)81(8)41-61(92)85(12)56(37-49-25-30-51(73)31-26-49)68(98)82(9)39-58(89)77-52(32-27-47-23-28-50(29-24-47)72(74,75)76)64(94)79-54(42-102-43-71(6,7)101)66(96)87(14)57(36-48-21-17-16-18-22-48)69(99)86(13)55(35-44(2)3)65(95)78-53(67(97)88-33-19-20-34-88)38-59(90)84(11)46(5)63(93)80-62/h16-18,21-26,28-31,44-46,52-57,62,101H,15,19-20,27,32-43H2,1-14H3,(H,77,89)(H,78,95)(H,79,94)(H,80,93)/t45-,46-,52-,53-,54-,55-,56-,57-,62-/m0/s1. The van der Waals surface area contributed by atoms with Gasteiger partial charge in [0.05, 0.1) is 50.4 Å². The van der Waals surface area contributed by atoms with E-state index in [9.17, 15) is 56.6 Å². The van der Waals surface area contributed by atoms with Crippen LogP contribution in [0, 0.1) is 11.8 Å². The molecule has 5 rings (SSSR count). The van der Waals surface area contributed by atoms with Crippen LogP contribution in [0.15, 0.2) is 78.9 Å². The molecule has 0 bridgehead atoms. The molecule has 0 radical (unpaired) electrons. The monoisotopic (exact) mass is 1450 g/mol. The third-order valence-corrected chi connectivity index (χ3v) is 18.8. The summed E-state index contributed by atoms with van der Waals surface area (Å²) in [5, 5.41) is 21.9. The number of halogens is 4. The van der Waals surface area contributed by atoms with E-state index in [4.69, 9.17) is 16.3 Å². The van der Waals surface area contributed by atoms with E-state index in [-0.39, 0.29) is 38.0 Å². The zero-order valence-electron chi connectivity index (χ0n) is 60.9. The van der Waals surface area contributed by atoms with Crippen molar-refractivity contribution in [3.8, 4) is 0 Å². The van der Waals surface area contributed by atoms with Crippen molar-refractivity contribution >= 4 is 82.5 Å². The molecule has 3 aromatic rings. The first-order chi connectivity index (χ1) is 47.7.